The molecule has 4 rings (SSSR count). The average molecular weight is 462 g/mol. The van der Waals surface area contributed by atoms with Crippen LogP contribution in [0.1, 0.15) is 13.8 Å². The zero-order chi connectivity index (χ0) is 22.6. The topological polar surface area (TPSA) is 136 Å². The number of anilines is 1. The normalized spacial score (nSPS) is 18.4. The summed E-state index contributed by atoms with van der Waals surface area (Å²) in [5, 5.41) is 3.04. The first-order chi connectivity index (χ1) is 15.4. The molecular weight excluding hydrogens is 435 g/mol. The number of aromatic nitrogens is 4. The molecule has 1 aliphatic heterocycles. The van der Waals surface area contributed by atoms with E-state index in [2.05, 4.69) is 20.0 Å². The summed E-state index contributed by atoms with van der Waals surface area (Å²) in [6.07, 6.45) is 2.06. The van der Waals surface area contributed by atoms with Crippen molar-refractivity contribution in [2.24, 2.45) is 0 Å². The maximum absolute atomic E-state index is 13.7. The van der Waals surface area contributed by atoms with Crippen molar-refractivity contribution in [2.45, 2.75) is 38.8 Å². The molecule has 0 radical (unpaired) electrons. The van der Waals surface area contributed by atoms with Crippen LogP contribution in [0.25, 0.3) is 11.2 Å². The quantitative estimate of drug-likeness (QED) is 0.432. The van der Waals surface area contributed by atoms with Gasteiger partial charge in [-0.3, -0.25) is 4.57 Å². The molecule has 0 amide bonds. The summed E-state index contributed by atoms with van der Waals surface area (Å²) >= 11 is 0. The van der Waals surface area contributed by atoms with E-state index >= 15 is 0 Å². The molecule has 1 aliphatic rings. The fourth-order valence-corrected chi connectivity index (χ4v) is 5.20. The highest BCUT2D eigenvalue weighted by atomic mass is 31.2. The Hall–Kier alpha value is -2.56. The Kier molecular flexibility index (Phi) is 7.02. The first-order valence-corrected chi connectivity index (χ1v) is 12.1. The molecule has 0 spiro atoms. The standard InChI is InChI=1S/C20H27N6O5P/c1-14(10-26-12-24-17-18(21)22-11-23-19(17)26)30-13-32(27,31-16-6-4-3-5-7-16)25-15(2)20-28-8-9-29-20/h3-7,11-12,14-15,20H,8-10,13H2,1-2H3,(H,25,27)(H2,21,22,23)/t14-,15+,32?/m1/s1. The van der Waals surface area contributed by atoms with Gasteiger partial charge in [0.25, 0.3) is 0 Å². The second kappa shape index (κ2) is 9.93. The summed E-state index contributed by atoms with van der Waals surface area (Å²) in [6, 6.07) is 8.61. The molecule has 1 fully saturated rings. The maximum Gasteiger partial charge on any atom is 0.342 e. The number of nitrogen functional groups attached to an aromatic ring is 1. The highest BCUT2D eigenvalue weighted by molar-refractivity contribution is 7.57. The van der Waals surface area contributed by atoms with E-state index in [1.54, 1.807) is 18.5 Å². The molecule has 11 nitrogen and oxygen atoms in total. The van der Waals surface area contributed by atoms with Gasteiger partial charge in [-0.2, -0.15) is 0 Å². The Morgan fingerprint density at radius 2 is 1.97 bits per heavy atom. The summed E-state index contributed by atoms with van der Waals surface area (Å²) in [7, 11) is -3.45. The lowest BCUT2D eigenvalue weighted by atomic mass is 10.3. The van der Waals surface area contributed by atoms with Crippen LogP contribution in [-0.4, -0.2) is 57.5 Å². The van der Waals surface area contributed by atoms with Crippen LogP contribution in [0.3, 0.4) is 0 Å². The number of hydrogen-bond donors (Lipinski definition) is 2. The Bertz CT molecular complexity index is 1070. The molecule has 172 valence electrons. The van der Waals surface area contributed by atoms with Gasteiger partial charge in [0.05, 0.1) is 38.2 Å². The molecule has 3 heterocycles. The molecule has 1 saturated heterocycles. The number of hydrogen-bond acceptors (Lipinski definition) is 9. The van der Waals surface area contributed by atoms with Gasteiger partial charge in [-0.05, 0) is 26.0 Å². The molecule has 12 heteroatoms. The van der Waals surface area contributed by atoms with E-state index in [4.69, 9.17) is 24.5 Å². The van der Waals surface area contributed by atoms with Crippen LogP contribution in [0.15, 0.2) is 43.0 Å². The molecule has 0 bridgehead atoms. The summed E-state index contributed by atoms with van der Waals surface area (Å²) in [6.45, 7) is 5.14. The number of benzene rings is 1. The van der Waals surface area contributed by atoms with Crippen molar-refractivity contribution < 1.29 is 23.3 Å². The third kappa shape index (κ3) is 5.43. The predicted octanol–water partition coefficient (Wildman–Crippen LogP) is 2.39. The maximum atomic E-state index is 13.7. The third-order valence-electron chi connectivity index (χ3n) is 4.86. The van der Waals surface area contributed by atoms with Gasteiger partial charge in [0.15, 0.2) is 17.8 Å². The minimum atomic E-state index is -3.45. The van der Waals surface area contributed by atoms with Crippen molar-refractivity contribution in [3.63, 3.8) is 0 Å². The van der Waals surface area contributed by atoms with Crippen LogP contribution in [0, 0.1) is 0 Å². The second-order valence-corrected chi connectivity index (χ2v) is 9.59. The van der Waals surface area contributed by atoms with Gasteiger partial charge in [-0.25, -0.2) is 20.0 Å². The van der Waals surface area contributed by atoms with E-state index in [1.807, 2.05) is 36.6 Å². The summed E-state index contributed by atoms with van der Waals surface area (Å²) < 4.78 is 38.3. The lowest BCUT2D eigenvalue weighted by molar-refractivity contribution is -0.0592. The molecular formula is C20H27N6O5P. The van der Waals surface area contributed by atoms with Crippen molar-refractivity contribution in [1.29, 1.82) is 0 Å². The number of nitrogens with one attached hydrogen (secondary N) is 1. The summed E-state index contributed by atoms with van der Waals surface area (Å²) in [5.74, 6) is 0.797. The largest absolute Gasteiger partial charge is 0.431 e. The van der Waals surface area contributed by atoms with Crippen molar-refractivity contribution >= 4 is 24.5 Å². The van der Waals surface area contributed by atoms with Crippen LogP contribution >= 0.6 is 7.52 Å². The van der Waals surface area contributed by atoms with E-state index in [-0.39, 0.29) is 18.5 Å². The van der Waals surface area contributed by atoms with Gasteiger partial charge in [0, 0.05) is 0 Å². The van der Waals surface area contributed by atoms with E-state index in [9.17, 15) is 4.57 Å². The molecule has 3 atom stereocenters. The minimum absolute atomic E-state index is 0.149. The fraction of sp³-hybridized carbons (Fsp3) is 0.450. The van der Waals surface area contributed by atoms with Gasteiger partial charge in [0.1, 0.15) is 23.9 Å². The second-order valence-electron chi connectivity index (χ2n) is 7.54. The van der Waals surface area contributed by atoms with Crippen LogP contribution in [0.2, 0.25) is 0 Å². The van der Waals surface area contributed by atoms with Gasteiger partial charge < -0.3 is 29.0 Å². The van der Waals surface area contributed by atoms with Crippen molar-refractivity contribution in [1.82, 2.24) is 24.6 Å². The van der Waals surface area contributed by atoms with Crippen molar-refractivity contribution in [3.05, 3.63) is 43.0 Å². The number of rotatable bonds is 10. The van der Waals surface area contributed by atoms with E-state index in [0.717, 1.165) is 0 Å². The lowest BCUT2D eigenvalue weighted by Gasteiger charge is -2.27. The fourth-order valence-electron chi connectivity index (χ4n) is 3.37. The van der Waals surface area contributed by atoms with Gasteiger partial charge in [0.2, 0.25) is 0 Å². The molecule has 0 aliphatic carbocycles. The molecule has 1 unspecified atom stereocenters. The molecule has 32 heavy (non-hydrogen) atoms. The van der Waals surface area contributed by atoms with E-state index in [1.165, 1.54) is 6.33 Å². The molecule has 1 aromatic carbocycles. The number of para-hydroxylation sites is 1. The SMILES string of the molecule is C[C@H](Cn1cnc2c(N)ncnc21)OCP(=O)(N[C@@H](C)C1OCCO1)Oc1ccccc1. The zero-order valence-corrected chi connectivity index (χ0v) is 18.9. The number of nitrogens with two attached hydrogens (primary N) is 1. The number of ether oxygens (including phenoxy) is 3. The zero-order valence-electron chi connectivity index (χ0n) is 18.0. The van der Waals surface area contributed by atoms with Crippen molar-refractivity contribution in [2.75, 3.05) is 25.3 Å². The van der Waals surface area contributed by atoms with Crippen LogP contribution in [-0.2, 0) is 25.3 Å². The highest BCUT2D eigenvalue weighted by Crippen LogP contribution is 2.44. The number of imidazole rings is 1. The lowest BCUT2D eigenvalue weighted by Crippen LogP contribution is -2.38. The first kappa shape index (κ1) is 22.6. The Labute approximate surface area is 185 Å². The Morgan fingerprint density at radius 3 is 2.72 bits per heavy atom. The number of fused-ring (bicyclic) bond motifs is 1. The molecule has 3 N–H and O–H groups in total. The third-order valence-corrected chi connectivity index (χ3v) is 6.66. The minimum Gasteiger partial charge on any atom is -0.431 e. The summed E-state index contributed by atoms with van der Waals surface area (Å²) in [5.41, 5.74) is 6.99. The summed E-state index contributed by atoms with van der Waals surface area (Å²) in [4.78, 5) is 12.4. The van der Waals surface area contributed by atoms with E-state index in [0.29, 0.717) is 42.5 Å². The van der Waals surface area contributed by atoms with Crippen LogP contribution in [0.4, 0.5) is 5.82 Å². The molecule has 3 aromatic rings. The Morgan fingerprint density at radius 1 is 1.22 bits per heavy atom. The monoisotopic (exact) mass is 462 g/mol. The van der Waals surface area contributed by atoms with Gasteiger partial charge in [-0.15, -0.1) is 0 Å². The average Bonchev–Trinajstić information content (AvgIpc) is 3.45. The highest BCUT2D eigenvalue weighted by Gasteiger charge is 2.33. The Balaban J connectivity index is 1.43. The number of nitrogens with zero attached hydrogens (tertiary/aromatic N) is 4. The van der Waals surface area contributed by atoms with Crippen molar-refractivity contribution in [3.8, 4) is 5.75 Å². The predicted molar refractivity (Wildman–Crippen MR) is 118 cm³/mol. The van der Waals surface area contributed by atoms with Crippen LogP contribution < -0.4 is 15.3 Å². The van der Waals surface area contributed by atoms with Gasteiger partial charge in [-0.1, -0.05) is 18.2 Å². The van der Waals surface area contributed by atoms with Gasteiger partial charge >= 0.3 is 7.52 Å². The smallest absolute Gasteiger partial charge is 0.342 e. The van der Waals surface area contributed by atoms with Crippen LogP contribution in [0.5, 0.6) is 5.75 Å². The molecule has 2 aromatic heterocycles. The first-order valence-electron chi connectivity index (χ1n) is 10.3. The molecule has 0 saturated carbocycles. The van der Waals surface area contributed by atoms with E-state index < -0.39 is 13.8 Å².